The van der Waals surface area contributed by atoms with Crippen LogP contribution in [0.5, 0.6) is 0 Å². The van der Waals surface area contributed by atoms with Crippen molar-refractivity contribution in [1.29, 1.82) is 0 Å². The maximum Gasteiger partial charge on any atom is 0.303 e. The quantitative estimate of drug-likeness (QED) is 0.0892. The lowest BCUT2D eigenvalue weighted by Gasteiger charge is -2.26. The predicted octanol–water partition coefficient (Wildman–Crippen LogP) is 9.41. The predicted molar refractivity (Wildman–Crippen MR) is 164 cm³/mol. The second-order valence-electron chi connectivity index (χ2n) is 11.6. The summed E-state index contributed by atoms with van der Waals surface area (Å²) in [7, 11) is 0. The first-order valence-electron chi connectivity index (χ1n) is 16.8. The standard InChI is InChI=1S/C33H66N2O3/c1-3-5-7-9-11-13-15-17-19-21-23-25-29-35(33(38)31(34)27-28-32(36)37)30-26-24-22-20-18-16-14-12-10-8-6-4-2/h31H,3-30,34H2,1-2H3,(H,36,37). The van der Waals surface area contributed by atoms with Gasteiger partial charge < -0.3 is 15.7 Å². The number of amides is 1. The smallest absolute Gasteiger partial charge is 0.303 e. The van der Waals surface area contributed by atoms with Crippen LogP contribution in [-0.2, 0) is 9.59 Å². The normalized spacial score (nSPS) is 12.1. The van der Waals surface area contributed by atoms with Crippen molar-refractivity contribution in [2.24, 2.45) is 5.73 Å². The van der Waals surface area contributed by atoms with Gasteiger partial charge in [-0.25, -0.2) is 0 Å². The molecule has 0 fully saturated rings. The van der Waals surface area contributed by atoms with Crippen LogP contribution in [0.2, 0.25) is 0 Å². The van der Waals surface area contributed by atoms with E-state index in [1.54, 1.807) is 0 Å². The van der Waals surface area contributed by atoms with E-state index in [4.69, 9.17) is 10.8 Å². The molecule has 0 bridgehead atoms. The van der Waals surface area contributed by atoms with Gasteiger partial charge in [0.2, 0.25) is 5.91 Å². The van der Waals surface area contributed by atoms with Crippen LogP contribution in [0.25, 0.3) is 0 Å². The van der Waals surface area contributed by atoms with Crippen LogP contribution in [0.15, 0.2) is 0 Å². The van der Waals surface area contributed by atoms with Gasteiger partial charge in [-0.1, -0.05) is 155 Å². The number of carbonyl (C=O) groups is 2. The van der Waals surface area contributed by atoms with Crippen molar-refractivity contribution in [3.63, 3.8) is 0 Å². The number of carboxylic acids is 1. The van der Waals surface area contributed by atoms with E-state index in [-0.39, 0.29) is 18.7 Å². The first kappa shape index (κ1) is 36.9. The van der Waals surface area contributed by atoms with Crippen LogP contribution in [0.1, 0.15) is 181 Å². The highest BCUT2D eigenvalue weighted by molar-refractivity contribution is 5.82. The van der Waals surface area contributed by atoms with E-state index in [0.717, 1.165) is 38.8 Å². The van der Waals surface area contributed by atoms with Crippen molar-refractivity contribution in [2.45, 2.75) is 187 Å². The molecule has 0 aliphatic rings. The van der Waals surface area contributed by atoms with Gasteiger partial charge in [0.05, 0.1) is 6.04 Å². The van der Waals surface area contributed by atoms with Gasteiger partial charge in [-0.15, -0.1) is 0 Å². The monoisotopic (exact) mass is 539 g/mol. The molecule has 1 atom stereocenters. The van der Waals surface area contributed by atoms with Gasteiger partial charge in [-0.2, -0.15) is 0 Å². The zero-order chi connectivity index (χ0) is 28.1. The lowest BCUT2D eigenvalue weighted by Crippen LogP contribution is -2.44. The van der Waals surface area contributed by atoms with Gasteiger partial charge in [0.1, 0.15) is 0 Å². The summed E-state index contributed by atoms with van der Waals surface area (Å²) >= 11 is 0. The largest absolute Gasteiger partial charge is 0.481 e. The van der Waals surface area contributed by atoms with Crippen molar-refractivity contribution in [2.75, 3.05) is 13.1 Å². The molecule has 0 spiro atoms. The molecular weight excluding hydrogens is 472 g/mol. The Hall–Kier alpha value is -1.10. The number of aliphatic carboxylic acids is 1. The molecule has 38 heavy (non-hydrogen) atoms. The van der Waals surface area contributed by atoms with E-state index >= 15 is 0 Å². The maximum atomic E-state index is 12.9. The molecule has 1 unspecified atom stereocenters. The van der Waals surface area contributed by atoms with E-state index in [1.165, 1.54) is 128 Å². The minimum atomic E-state index is -0.887. The summed E-state index contributed by atoms with van der Waals surface area (Å²) in [5, 5.41) is 8.95. The average molecular weight is 539 g/mol. The number of carboxylic acid groups (broad SMARTS) is 1. The third kappa shape index (κ3) is 25.2. The molecular formula is C33H66N2O3. The summed E-state index contributed by atoms with van der Waals surface area (Å²) in [6.45, 7) is 6.05. The minimum absolute atomic E-state index is 0.0437. The summed E-state index contributed by atoms with van der Waals surface area (Å²) in [4.78, 5) is 25.8. The number of unbranched alkanes of at least 4 members (excludes halogenated alkanes) is 22. The number of hydrogen-bond donors (Lipinski definition) is 2. The molecule has 0 heterocycles. The fraction of sp³-hybridized carbons (Fsp3) is 0.939. The first-order valence-corrected chi connectivity index (χ1v) is 16.8. The van der Waals surface area contributed by atoms with Gasteiger partial charge in [0.15, 0.2) is 0 Å². The van der Waals surface area contributed by atoms with Crippen molar-refractivity contribution in [1.82, 2.24) is 4.90 Å². The Balaban J connectivity index is 4.06. The Morgan fingerprint density at radius 1 is 0.553 bits per heavy atom. The number of hydrogen-bond acceptors (Lipinski definition) is 3. The van der Waals surface area contributed by atoms with Crippen LogP contribution < -0.4 is 5.73 Å². The van der Waals surface area contributed by atoms with E-state index in [0.29, 0.717) is 0 Å². The van der Waals surface area contributed by atoms with Gasteiger partial charge >= 0.3 is 5.97 Å². The zero-order valence-corrected chi connectivity index (χ0v) is 25.7. The molecule has 3 N–H and O–H groups in total. The lowest BCUT2D eigenvalue weighted by atomic mass is 10.0. The highest BCUT2D eigenvalue weighted by Crippen LogP contribution is 2.15. The molecule has 5 nitrogen and oxygen atoms in total. The Morgan fingerprint density at radius 3 is 1.13 bits per heavy atom. The van der Waals surface area contributed by atoms with E-state index in [1.807, 2.05) is 4.90 Å². The number of rotatable bonds is 30. The summed E-state index contributed by atoms with van der Waals surface area (Å²) in [5.41, 5.74) is 6.09. The molecule has 0 saturated heterocycles. The lowest BCUT2D eigenvalue weighted by molar-refractivity contribution is -0.137. The third-order valence-corrected chi connectivity index (χ3v) is 7.86. The Morgan fingerprint density at radius 2 is 0.842 bits per heavy atom. The van der Waals surface area contributed by atoms with Crippen molar-refractivity contribution in [3.05, 3.63) is 0 Å². The van der Waals surface area contributed by atoms with Gasteiger partial charge in [-0.3, -0.25) is 9.59 Å². The first-order chi connectivity index (χ1) is 18.5. The Kier molecular flexibility index (Phi) is 28.1. The number of nitrogens with zero attached hydrogens (tertiary/aromatic N) is 1. The Bertz CT molecular complexity index is 498. The highest BCUT2D eigenvalue weighted by Gasteiger charge is 2.21. The van der Waals surface area contributed by atoms with Gasteiger partial charge in [0, 0.05) is 19.5 Å². The molecule has 0 aromatic heterocycles. The topological polar surface area (TPSA) is 83.6 Å². The summed E-state index contributed by atoms with van der Waals surface area (Å²) in [5.74, 6) is -0.945. The van der Waals surface area contributed by atoms with Crippen LogP contribution in [0.4, 0.5) is 0 Å². The van der Waals surface area contributed by atoms with Crippen molar-refractivity contribution < 1.29 is 14.7 Å². The molecule has 0 aromatic rings. The van der Waals surface area contributed by atoms with Gasteiger partial charge in [0.25, 0.3) is 0 Å². The molecule has 5 heteroatoms. The second kappa shape index (κ2) is 28.9. The van der Waals surface area contributed by atoms with Crippen LogP contribution in [0, 0.1) is 0 Å². The van der Waals surface area contributed by atoms with E-state index in [9.17, 15) is 9.59 Å². The molecule has 0 aromatic carbocycles. The minimum Gasteiger partial charge on any atom is -0.481 e. The van der Waals surface area contributed by atoms with Crippen LogP contribution >= 0.6 is 0 Å². The van der Waals surface area contributed by atoms with Crippen LogP contribution in [-0.4, -0.2) is 41.0 Å². The molecule has 0 radical (unpaired) electrons. The SMILES string of the molecule is CCCCCCCCCCCCCCN(CCCCCCCCCCCCCC)C(=O)C(N)CCC(=O)O. The fourth-order valence-corrected chi connectivity index (χ4v) is 5.26. The molecule has 1 amide bonds. The van der Waals surface area contributed by atoms with E-state index < -0.39 is 12.0 Å². The van der Waals surface area contributed by atoms with Crippen molar-refractivity contribution in [3.8, 4) is 0 Å². The molecule has 0 rings (SSSR count). The second-order valence-corrected chi connectivity index (χ2v) is 11.6. The maximum absolute atomic E-state index is 12.9. The summed E-state index contributed by atoms with van der Waals surface area (Å²) < 4.78 is 0. The zero-order valence-electron chi connectivity index (χ0n) is 25.7. The fourth-order valence-electron chi connectivity index (χ4n) is 5.26. The molecule has 226 valence electrons. The summed E-state index contributed by atoms with van der Waals surface area (Å²) in [6.07, 6.45) is 31.4. The summed E-state index contributed by atoms with van der Waals surface area (Å²) in [6, 6.07) is -0.694. The van der Waals surface area contributed by atoms with Crippen LogP contribution in [0.3, 0.4) is 0 Å². The molecule has 0 aliphatic carbocycles. The number of carbonyl (C=O) groups excluding carboxylic acids is 1. The third-order valence-electron chi connectivity index (χ3n) is 7.86. The molecule has 0 aliphatic heterocycles. The number of nitrogens with two attached hydrogens (primary N) is 1. The van der Waals surface area contributed by atoms with Crippen molar-refractivity contribution >= 4 is 11.9 Å². The van der Waals surface area contributed by atoms with E-state index in [2.05, 4.69) is 13.8 Å². The molecule has 0 saturated carbocycles. The van der Waals surface area contributed by atoms with Gasteiger partial charge in [-0.05, 0) is 19.3 Å². The Labute approximate surface area is 237 Å². The highest BCUT2D eigenvalue weighted by atomic mass is 16.4. The average Bonchev–Trinajstić information content (AvgIpc) is 2.91.